The van der Waals surface area contributed by atoms with Crippen molar-refractivity contribution in [3.05, 3.63) is 12.7 Å². The van der Waals surface area contributed by atoms with Crippen LogP contribution in [0.4, 0.5) is 0 Å². The first-order chi connectivity index (χ1) is 4.83. The predicted molar refractivity (Wildman–Crippen MR) is 33.0 cm³/mol. The Hall–Kier alpha value is -0.420. The number of hydrogen-bond acceptors (Lipinski definition) is 4. The second-order valence-electron chi connectivity index (χ2n) is 1.83. The molecule has 1 fully saturated rings. The lowest BCUT2D eigenvalue weighted by molar-refractivity contribution is -0.233. The summed E-state index contributed by atoms with van der Waals surface area (Å²) in [5.41, 5.74) is 0. The highest BCUT2D eigenvalue weighted by Gasteiger charge is 2.23. The van der Waals surface area contributed by atoms with Crippen molar-refractivity contribution in [2.75, 3.05) is 13.2 Å². The van der Waals surface area contributed by atoms with Crippen LogP contribution in [0.5, 0.6) is 0 Å². The molecule has 0 spiro atoms. The van der Waals surface area contributed by atoms with Crippen LogP contribution in [-0.2, 0) is 14.2 Å². The third kappa shape index (κ3) is 2.07. The molecule has 4 nitrogen and oxygen atoms in total. The van der Waals surface area contributed by atoms with Gasteiger partial charge in [-0.05, 0) is 0 Å². The van der Waals surface area contributed by atoms with Gasteiger partial charge in [-0.15, -0.1) is 6.58 Å². The molecule has 1 N–H and O–H groups in total. The lowest BCUT2D eigenvalue weighted by Crippen LogP contribution is -2.15. The van der Waals surface area contributed by atoms with Crippen LogP contribution in [0.3, 0.4) is 0 Å². The normalized spacial score (nSPS) is 32.5. The van der Waals surface area contributed by atoms with E-state index in [0.29, 0.717) is 6.61 Å². The fourth-order valence-corrected chi connectivity index (χ4v) is 0.632. The monoisotopic (exact) mass is 146 g/mol. The summed E-state index contributed by atoms with van der Waals surface area (Å²) in [6, 6.07) is 0. The molecule has 0 aromatic carbocycles. The third-order valence-corrected chi connectivity index (χ3v) is 1.04. The maximum atomic E-state index is 8.65. The van der Waals surface area contributed by atoms with E-state index in [2.05, 4.69) is 11.3 Å². The van der Waals surface area contributed by atoms with Gasteiger partial charge in [-0.2, -0.15) is 0 Å². The van der Waals surface area contributed by atoms with Gasteiger partial charge in [0, 0.05) is 0 Å². The largest absolute Gasteiger partial charge is 0.346 e. The van der Waals surface area contributed by atoms with E-state index in [0.717, 1.165) is 0 Å². The number of rotatable bonds is 3. The molecule has 4 heteroatoms. The highest BCUT2D eigenvalue weighted by molar-refractivity contribution is 4.65. The van der Waals surface area contributed by atoms with Crippen molar-refractivity contribution in [1.82, 2.24) is 0 Å². The van der Waals surface area contributed by atoms with Gasteiger partial charge < -0.3 is 14.6 Å². The highest BCUT2D eigenvalue weighted by Crippen LogP contribution is 2.09. The zero-order valence-electron chi connectivity index (χ0n) is 5.53. The molecule has 2 atom stereocenters. The van der Waals surface area contributed by atoms with E-state index in [-0.39, 0.29) is 6.61 Å². The van der Waals surface area contributed by atoms with Gasteiger partial charge in [0.1, 0.15) is 6.61 Å². The quantitative estimate of drug-likeness (QED) is 0.562. The van der Waals surface area contributed by atoms with Gasteiger partial charge in [-0.1, -0.05) is 6.08 Å². The van der Waals surface area contributed by atoms with E-state index in [4.69, 9.17) is 14.6 Å². The van der Waals surface area contributed by atoms with E-state index < -0.39 is 12.8 Å². The van der Waals surface area contributed by atoms with Crippen LogP contribution in [0.1, 0.15) is 0 Å². The molecular weight excluding hydrogens is 136 g/mol. The molecule has 0 amide bonds. The molecule has 1 aliphatic rings. The van der Waals surface area contributed by atoms with Gasteiger partial charge in [0.15, 0.2) is 6.29 Å². The van der Waals surface area contributed by atoms with E-state index in [9.17, 15) is 0 Å². The molecule has 58 valence electrons. The van der Waals surface area contributed by atoms with E-state index >= 15 is 0 Å². The summed E-state index contributed by atoms with van der Waals surface area (Å²) >= 11 is 0. The van der Waals surface area contributed by atoms with Gasteiger partial charge in [-0.3, -0.25) is 4.74 Å². The number of aliphatic hydroxyl groups is 1. The molecule has 0 saturated carbocycles. The topological polar surface area (TPSA) is 47.9 Å². The Morgan fingerprint density at radius 1 is 1.80 bits per heavy atom. The van der Waals surface area contributed by atoms with Crippen molar-refractivity contribution >= 4 is 0 Å². The molecule has 1 heterocycles. The Bertz CT molecular complexity index is 114. The maximum absolute atomic E-state index is 8.65. The van der Waals surface area contributed by atoms with Crippen molar-refractivity contribution in [2.24, 2.45) is 0 Å². The minimum absolute atomic E-state index is 0.273. The summed E-state index contributed by atoms with van der Waals surface area (Å²) in [6.07, 6.45) is 1.15. The molecule has 1 saturated heterocycles. The van der Waals surface area contributed by atoms with Crippen molar-refractivity contribution in [1.29, 1.82) is 0 Å². The summed E-state index contributed by atoms with van der Waals surface area (Å²) in [5.74, 6) is 0. The molecule has 0 aromatic heterocycles. The Morgan fingerprint density at radius 2 is 2.60 bits per heavy atom. The lowest BCUT2D eigenvalue weighted by Gasteiger charge is -2.06. The average molecular weight is 146 g/mol. The van der Waals surface area contributed by atoms with Crippen LogP contribution in [0.25, 0.3) is 0 Å². The van der Waals surface area contributed by atoms with Crippen molar-refractivity contribution < 1.29 is 19.3 Å². The van der Waals surface area contributed by atoms with E-state index in [1.54, 1.807) is 6.08 Å². The number of ether oxygens (including phenoxy) is 3. The summed E-state index contributed by atoms with van der Waals surface area (Å²) in [5, 5.41) is 8.65. The molecule has 1 aliphatic heterocycles. The SMILES string of the molecule is C=CCOC1COC(O)O1. The van der Waals surface area contributed by atoms with Crippen LogP contribution in [0.15, 0.2) is 12.7 Å². The van der Waals surface area contributed by atoms with Crippen LogP contribution in [-0.4, -0.2) is 31.1 Å². The number of hydrogen-bond donors (Lipinski definition) is 1. The third-order valence-electron chi connectivity index (χ3n) is 1.04. The summed E-state index contributed by atoms with van der Waals surface area (Å²) in [6.45, 7) is 3.00. The zero-order valence-corrected chi connectivity index (χ0v) is 5.53. The zero-order chi connectivity index (χ0) is 7.40. The van der Waals surface area contributed by atoms with Gasteiger partial charge >= 0.3 is 0 Å². The molecule has 0 bridgehead atoms. The van der Waals surface area contributed by atoms with Gasteiger partial charge in [-0.25, -0.2) is 0 Å². The molecule has 0 aromatic rings. The van der Waals surface area contributed by atoms with Gasteiger partial charge in [0.25, 0.3) is 6.48 Å². The first-order valence-electron chi connectivity index (χ1n) is 3.00. The minimum Gasteiger partial charge on any atom is -0.346 e. The summed E-state index contributed by atoms with van der Waals surface area (Å²) in [7, 11) is 0. The van der Waals surface area contributed by atoms with Crippen LogP contribution >= 0.6 is 0 Å². The van der Waals surface area contributed by atoms with Crippen molar-refractivity contribution in [3.63, 3.8) is 0 Å². The van der Waals surface area contributed by atoms with Crippen LogP contribution < -0.4 is 0 Å². The minimum atomic E-state index is -1.13. The Labute approximate surface area is 59.0 Å². The molecular formula is C6H10O4. The van der Waals surface area contributed by atoms with Crippen molar-refractivity contribution in [3.8, 4) is 0 Å². The fraction of sp³-hybridized carbons (Fsp3) is 0.667. The first kappa shape index (κ1) is 7.68. The highest BCUT2D eigenvalue weighted by atomic mass is 16.9. The maximum Gasteiger partial charge on any atom is 0.271 e. The average Bonchev–Trinajstić information content (AvgIpc) is 2.31. The fourth-order valence-electron chi connectivity index (χ4n) is 0.632. The van der Waals surface area contributed by atoms with E-state index in [1.165, 1.54) is 0 Å². The van der Waals surface area contributed by atoms with Crippen molar-refractivity contribution in [2.45, 2.75) is 12.8 Å². The number of aliphatic hydroxyl groups excluding tert-OH is 1. The molecule has 0 radical (unpaired) electrons. The van der Waals surface area contributed by atoms with Gasteiger partial charge in [0.2, 0.25) is 0 Å². The van der Waals surface area contributed by atoms with Crippen LogP contribution in [0.2, 0.25) is 0 Å². The molecule has 1 rings (SSSR count). The summed E-state index contributed by atoms with van der Waals surface area (Å²) in [4.78, 5) is 0. The first-order valence-corrected chi connectivity index (χ1v) is 3.00. The molecule has 2 unspecified atom stereocenters. The van der Waals surface area contributed by atoms with Crippen LogP contribution in [0, 0.1) is 0 Å². The summed E-state index contributed by atoms with van der Waals surface area (Å²) < 4.78 is 14.4. The predicted octanol–water partition coefficient (Wildman–Crippen LogP) is -0.162. The Kier molecular flexibility index (Phi) is 2.82. The standard InChI is InChI=1S/C6H10O4/c1-2-3-8-5-4-9-6(7)10-5/h2,5-7H,1,3-4H2. The molecule has 0 aliphatic carbocycles. The second kappa shape index (κ2) is 3.68. The Morgan fingerprint density at radius 3 is 3.10 bits per heavy atom. The molecule has 10 heavy (non-hydrogen) atoms. The second-order valence-corrected chi connectivity index (χ2v) is 1.83. The smallest absolute Gasteiger partial charge is 0.271 e. The van der Waals surface area contributed by atoms with E-state index in [1.807, 2.05) is 0 Å². The van der Waals surface area contributed by atoms with Gasteiger partial charge in [0.05, 0.1) is 6.61 Å². The lowest BCUT2D eigenvalue weighted by atomic mass is 10.6. The Balaban J connectivity index is 2.12.